The smallest absolute Gasteiger partial charge is 0.255 e. The van der Waals surface area contributed by atoms with Crippen LogP contribution in [0.4, 0.5) is 0 Å². The van der Waals surface area contributed by atoms with Crippen molar-refractivity contribution in [1.29, 1.82) is 0 Å². The van der Waals surface area contributed by atoms with Crippen molar-refractivity contribution in [2.24, 2.45) is 7.05 Å². The topological polar surface area (TPSA) is 75.6 Å². The third-order valence-electron chi connectivity index (χ3n) is 3.32. The molecule has 1 unspecified atom stereocenters. The summed E-state index contributed by atoms with van der Waals surface area (Å²) in [4.78, 5) is 19.1. The molecule has 0 aliphatic heterocycles. The van der Waals surface area contributed by atoms with E-state index in [0.717, 1.165) is 18.7 Å². The van der Waals surface area contributed by atoms with Crippen LogP contribution in [0.1, 0.15) is 35.6 Å². The molecule has 1 atom stereocenters. The van der Waals surface area contributed by atoms with Crippen LogP contribution < -0.4 is 10.9 Å². The summed E-state index contributed by atoms with van der Waals surface area (Å²) in [5.74, 6) is 0.652. The SMILES string of the molecule is Cc1nc(C)c(C(C)NCCc2cnn(C)c2)c(=O)[nH]1. The summed E-state index contributed by atoms with van der Waals surface area (Å²) in [6.07, 6.45) is 4.74. The number of aromatic nitrogens is 4. The van der Waals surface area contributed by atoms with Crippen LogP contribution in [0.5, 0.6) is 0 Å². The molecule has 2 aromatic rings. The zero-order valence-corrected chi connectivity index (χ0v) is 12.4. The summed E-state index contributed by atoms with van der Waals surface area (Å²) < 4.78 is 1.79. The van der Waals surface area contributed by atoms with Crippen LogP contribution in [0.15, 0.2) is 17.2 Å². The van der Waals surface area contributed by atoms with E-state index >= 15 is 0 Å². The fraction of sp³-hybridized carbons (Fsp3) is 0.500. The van der Waals surface area contributed by atoms with E-state index in [1.807, 2.05) is 33.3 Å². The highest BCUT2D eigenvalue weighted by Crippen LogP contribution is 2.10. The Bertz CT molecular complexity index is 643. The lowest BCUT2D eigenvalue weighted by atomic mass is 10.1. The van der Waals surface area contributed by atoms with Crippen LogP contribution in [0.25, 0.3) is 0 Å². The van der Waals surface area contributed by atoms with Gasteiger partial charge in [0.1, 0.15) is 5.82 Å². The van der Waals surface area contributed by atoms with Gasteiger partial charge in [-0.1, -0.05) is 0 Å². The Morgan fingerprint density at radius 2 is 2.20 bits per heavy atom. The molecule has 108 valence electrons. The van der Waals surface area contributed by atoms with Crippen molar-refractivity contribution >= 4 is 0 Å². The summed E-state index contributed by atoms with van der Waals surface area (Å²) in [7, 11) is 1.90. The van der Waals surface area contributed by atoms with Gasteiger partial charge in [-0.15, -0.1) is 0 Å². The first-order valence-electron chi connectivity index (χ1n) is 6.75. The van der Waals surface area contributed by atoms with Gasteiger partial charge in [0, 0.05) is 25.0 Å². The lowest BCUT2D eigenvalue weighted by Gasteiger charge is -2.15. The maximum absolute atomic E-state index is 12.0. The van der Waals surface area contributed by atoms with Gasteiger partial charge in [0.15, 0.2) is 0 Å². The molecule has 0 aliphatic carbocycles. The lowest BCUT2D eigenvalue weighted by Crippen LogP contribution is -2.29. The van der Waals surface area contributed by atoms with E-state index in [1.165, 1.54) is 5.56 Å². The normalized spacial score (nSPS) is 12.6. The third-order valence-corrected chi connectivity index (χ3v) is 3.32. The molecule has 20 heavy (non-hydrogen) atoms. The zero-order chi connectivity index (χ0) is 14.7. The predicted molar refractivity (Wildman–Crippen MR) is 77.7 cm³/mol. The van der Waals surface area contributed by atoms with E-state index in [-0.39, 0.29) is 11.6 Å². The number of aryl methyl sites for hydroxylation is 3. The molecule has 0 bridgehead atoms. The Hall–Kier alpha value is -1.95. The first-order valence-corrected chi connectivity index (χ1v) is 6.75. The molecule has 0 radical (unpaired) electrons. The molecule has 0 spiro atoms. The van der Waals surface area contributed by atoms with Crippen molar-refractivity contribution < 1.29 is 0 Å². The number of nitrogens with one attached hydrogen (secondary N) is 2. The highest BCUT2D eigenvalue weighted by molar-refractivity contribution is 5.20. The molecule has 6 heteroatoms. The van der Waals surface area contributed by atoms with E-state index < -0.39 is 0 Å². The number of nitrogens with zero attached hydrogens (tertiary/aromatic N) is 3. The second-order valence-corrected chi connectivity index (χ2v) is 5.10. The van der Waals surface area contributed by atoms with Gasteiger partial charge >= 0.3 is 0 Å². The molecular weight excluding hydrogens is 254 g/mol. The molecule has 0 amide bonds. The first-order chi connectivity index (χ1) is 9.47. The molecule has 6 nitrogen and oxygen atoms in total. The van der Waals surface area contributed by atoms with Gasteiger partial charge in [-0.25, -0.2) is 4.98 Å². The lowest BCUT2D eigenvalue weighted by molar-refractivity contribution is 0.565. The van der Waals surface area contributed by atoms with Crippen LogP contribution in [0.3, 0.4) is 0 Å². The number of aromatic amines is 1. The second-order valence-electron chi connectivity index (χ2n) is 5.10. The monoisotopic (exact) mass is 275 g/mol. The van der Waals surface area contributed by atoms with Crippen molar-refractivity contribution in [3.8, 4) is 0 Å². The number of hydrogen-bond donors (Lipinski definition) is 2. The average molecular weight is 275 g/mol. The summed E-state index contributed by atoms with van der Waals surface area (Å²) >= 11 is 0. The van der Waals surface area contributed by atoms with Crippen molar-refractivity contribution in [2.75, 3.05) is 6.54 Å². The maximum Gasteiger partial charge on any atom is 0.255 e. The number of hydrogen-bond acceptors (Lipinski definition) is 4. The maximum atomic E-state index is 12.0. The van der Waals surface area contributed by atoms with Crippen LogP contribution in [0.2, 0.25) is 0 Å². The van der Waals surface area contributed by atoms with Gasteiger partial charge < -0.3 is 10.3 Å². The molecule has 2 rings (SSSR count). The molecular formula is C14H21N5O. The zero-order valence-electron chi connectivity index (χ0n) is 12.4. The third kappa shape index (κ3) is 3.33. The highest BCUT2D eigenvalue weighted by atomic mass is 16.1. The van der Waals surface area contributed by atoms with Crippen LogP contribution in [0, 0.1) is 13.8 Å². The first kappa shape index (κ1) is 14.5. The number of rotatable bonds is 5. The molecule has 0 saturated carbocycles. The van der Waals surface area contributed by atoms with Gasteiger partial charge in [0.25, 0.3) is 5.56 Å². The average Bonchev–Trinajstić information content (AvgIpc) is 2.73. The van der Waals surface area contributed by atoms with Gasteiger partial charge in [0.05, 0.1) is 11.8 Å². The Morgan fingerprint density at radius 3 is 2.80 bits per heavy atom. The van der Waals surface area contributed by atoms with Crippen LogP contribution in [-0.2, 0) is 13.5 Å². The minimum absolute atomic E-state index is 0.0245. The van der Waals surface area contributed by atoms with Crippen molar-refractivity contribution in [2.45, 2.75) is 33.2 Å². The Morgan fingerprint density at radius 1 is 1.45 bits per heavy atom. The Kier molecular flexibility index (Phi) is 4.34. The summed E-state index contributed by atoms with van der Waals surface area (Å²) in [6, 6.07) is -0.0245. The van der Waals surface area contributed by atoms with E-state index in [2.05, 4.69) is 20.4 Å². The second kappa shape index (κ2) is 6.00. The highest BCUT2D eigenvalue weighted by Gasteiger charge is 2.13. The quantitative estimate of drug-likeness (QED) is 0.854. The van der Waals surface area contributed by atoms with E-state index in [4.69, 9.17) is 0 Å². The summed E-state index contributed by atoms with van der Waals surface area (Å²) in [5.41, 5.74) is 2.62. The van der Waals surface area contributed by atoms with E-state index in [1.54, 1.807) is 11.6 Å². The molecule has 0 saturated heterocycles. The molecule has 2 aromatic heterocycles. The van der Waals surface area contributed by atoms with Crippen LogP contribution in [-0.4, -0.2) is 26.3 Å². The molecule has 2 N–H and O–H groups in total. The largest absolute Gasteiger partial charge is 0.310 e. The van der Waals surface area contributed by atoms with Gasteiger partial charge in [0.2, 0.25) is 0 Å². The Balaban J connectivity index is 1.98. The van der Waals surface area contributed by atoms with Gasteiger partial charge in [-0.2, -0.15) is 5.10 Å². The standard InChI is InChI=1S/C14H21N5O/c1-9(13-10(2)17-11(3)18-14(13)20)15-6-5-12-7-16-19(4)8-12/h7-9,15H,5-6H2,1-4H3,(H,17,18,20). The van der Waals surface area contributed by atoms with Crippen molar-refractivity contribution in [1.82, 2.24) is 25.1 Å². The van der Waals surface area contributed by atoms with Crippen molar-refractivity contribution in [3.05, 3.63) is 45.4 Å². The van der Waals surface area contributed by atoms with Crippen LogP contribution >= 0.6 is 0 Å². The molecule has 0 fully saturated rings. The minimum atomic E-state index is -0.0589. The molecule has 0 aromatic carbocycles. The Labute approximate surface area is 118 Å². The van der Waals surface area contributed by atoms with E-state index in [0.29, 0.717) is 11.4 Å². The van der Waals surface area contributed by atoms with Crippen molar-refractivity contribution in [3.63, 3.8) is 0 Å². The summed E-state index contributed by atoms with van der Waals surface area (Å²) in [5, 5.41) is 7.50. The minimum Gasteiger partial charge on any atom is -0.310 e. The molecule has 0 aliphatic rings. The predicted octanol–water partition coefficient (Wildman–Crippen LogP) is 1.01. The fourth-order valence-electron chi connectivity index (χ4n) is 2.38. The van der Waals surface area contributed by atoms with Gasteiger partial charge in [-0.05, 0) is 39.3 Å². The molecule has 2 heterocycles. The fourth-order valence-corrected chi connectivity index (χ4v) is 2.38. The van der Waals surface area contributed by atoms with Gasteiger partial charge in [-0.3, -0.25) is 9.48 Å². The number of H-pyrrole nitrogens is 1. The van der Waals surface area contributed by atoms with E-state index in [9.17, 15) is 4.79 Å². The summed E-state index contributed by atoms with van der Waals surface area (Å²) in [6.45, 7) is 6.44.